The highest BCUT2D eigenvalue weighted by molar-refractivity contribution is 5.19. The van der Waals surface area contributed by atoms with Crippen molar-refractivity contribution >= 4 is 0 Å². The number of hydrogen-bond donors (Lipinski definition) is 0. The summed E-state index contributed by atoms with van der Waals surface area (Å²) >= 11 is 0. The van der Waals surface area contributed by atoms with Gasteiger partial charge in [0.1, 0.15) is 5.75 Å². The lowest BCUT2D eigenvalue weighted by atomic mass is 10.2. The van der Waals surface area contributed by atoms with Gasteiger partial charge in [-0.05, 0) is 24.1 Å². The molecule has 1 rings (SSSR count). The van der Waals surface area contributed by atoms with Crippen molar-refractivity contribution in [3.63, 3.8) is 0 Å². The number of rotatable bonds is 3. The molecule has 0 atom stereocenters. The van der Waals surface area contributed by atoms with Crippen LogP contribution in [0.4, 0.5) is 0 Å². The summed E-state index contributed by atoms with van der Waals surface area (Å²) in [6.45, 7) is 5.04. The van der Waals surface area contributed by atoms with Gasteiger partial charge in [0, 0.05) is 0 Å². The van der Waals surface area contributed by atoms with Gasteiger partial charge in [0.05, 0.1) is 6.61 Å². The van der Waals surface area contributed by atoms with Crippen LogP contribution in [0.15, 0.2) is 24.3 Å². The lowest BCUT2D eigenvalue weighted by Gasteiger charge is -2.07. The SMILES string of the molecule is CC(C)COc1c[c]ccc1. The van der Waals surface area contributed by atoms with Crippen LogP contribution in [-0.2, 0) is 0 Å². The molecule has 0 saturated heterocycles. The van der Waals surface area contributed by atoms with Crippen LogP contribution in [0.2, 0.25) is 0 Å². The summed E-state index contributed by atoms with van der Waals surface area (Å²) < 4.78 is 5.44. The molecule has 0 unspecified atom stereocenters. The second-order valence-corrected chi connectivity index (χ2v) is 2.94. The summed E-state index contributed by atoms with van der Waals surface area (Å²) in [4.78, 5) is 0. The van der Waals surface area contributed by atoms with Crippen LogP contribution < -0.4 is 4.74 Å². The highest BCUT2D eigenvalue weighted by atomic mass is 16.5. The molecule has 0 aliphatic rings. The molecule has 0 bridgehead atoms. The summed E-state index contributed by atoms with van der Waals surface area (Å²) in [6.07, 6.45) is 0. The quantitative estimate of drug-likeness (QED) is 0.641. The van der Waals surface area contributed by atoms with Gasteiger partial charge in [-0.3, -0.25) is 0 Å². The van der Waals surface area contributed by atoms with Gasteiger partial charge in [-0.1, -0.05) is 26.0 Å². The van der Waals surface area contributed by atoms with Crippen LogP contribution in [-0.4, -0.2) is 6.61 Å². The van der Waals surface area contributed by atoms with Gasteiger partial charge in [-0.15, -0.1) is 0 Å². The Kier molecular flexibility index (Phi) is 2.96. The minimum atomic E-state index is 0.579. The van der Waals surface area contributed by atoms with Crippen molar-refractivity contribution in [3.05, 3.63) is 30.3 Å². The van der Waals surface area contributed by atoms with Crippen molar-refractivity contribution in [2.24, 2.45) is 5.92 Å². The van der Waals surface area contributed by atoms with E-state index in [9.17, 15) is 0 Å². The molecule has 59 valence electrons. The molecule has 1 aromatic carbocycles. The zero-order valence-electron chi connectivity index (χ0n) is 7.00. The van der Waals surface area contributed by atoms with E-state index in [1.807, 2.05) is 24.3 Å². The highest BCUT2D eigenvalue weighted by Gasteiger charge is 1.94. The maximum Gasteiger partial charge on any atom is 0.119 e. The molecule has 1 radical (unpaired) electrons. The van der Waals surface area contributed by atoms with E-state index in [4.69, 9.17) is 4.74 Å². The van der Waals surface area contributed by atoms with Crippen molar-refractivity contribution in [1.29, 1.82) is 0 Å². The van der Waals surface area contributed by atoms with Gasteiger partial charge < -0.3 is 4.74 Å². The van der Waals surface area contributed by atoms with Crippen LogP contribution in [0, 0.1) is 12.0 Å². The zero-order valence-corrected chi connectivity index (χ0v) is 7.00. The van der Waals surface area contributed by atoms with Gasteiger partial charge in [-0.2, -0.15) is 0 Å². The Bertz CT molecular complexity index is 191. The van der Waals surface area contributed by atoms with Gasteiger partial charge in [0.25, 0.3) is 0 Å². The fourth-order valence-corrected chi connectivity index (χ4v) is 0.730. The van der Waals surface area contributed by atoms with Crippen molar-refractivity contribution in [3.8, 4) is 5.75 Å². The van der Waals surface area contributed by atoms with Crippen LogP contribution in [0.1, 0.15) is 13.8 Å². The first-order valence-electron chi connectivity index (χ1n) is 3.88. The third kappa shape index (κ3) is 3.08. The smallest absolute Gasteiger partial charge is 0.119 e. The Labute approximate surface area is 68.0 Å². The van der Waals surface area contributed by atoms with E-state index >= 15 is 0 Å². The fourth-order valence-electron chi connectivity index (χ4n) is 0.730. The van der Waals surface area contributed by atoms with E-state index in [1.165, 1.54) is 0 Å². The van der Waals surface area contributed by atoms with Crippen LogP contribution in [0.25, 0.3) is 0 Å². The van der Waals surface area contributed by atoms with E-state index in [0.717, 1.165) is 12.4 Å². The van der Waals surface area contributed by atoms with E-state index < -0.39 is 0 Å². The minimum absolute atomic E-state index is 0.579. The van der Waals surface area contributed by atoms with Crippen molar-refractivity contribution in [2.75, 3.05) is 6.61 Å². The number of ether oxygens (including phenoxy) is 1. The van der Waals surface area contributed by atoms with Crippen LogP contribution in [0.5, 0.6) is 5.75 Å². The number of hydrogen-bond acceptors (Lipinski definition) is 1. The standard InChI is InChI=1S/C10H13O/c1-9(2)8-11-10-6-4-3-5-7-10/h3-4,6-7,9H,8H2,1-2H3. The largest absolute Gasteiger partial charge is 0.493 e. The average molecular weight is 149 g/mol. The van der Waals surface area contributed by atoms with Gasteiger partial charge in [-0.25, -0.2) is 0 Å². The highest BCUT2D eigenvalue weighted by Crippen LogP contribution is 2.08. The molecular weight excluding hydrogens is 136 g/mol. The monoisotopic (exact) mass is 149 g/mol. The first-order chi connectivity index (χ1) is 5.29. The predicted molar refractivity (Wildman–Crippen MR) is 45.6 cm³/mol. The number of benzene rings is 1. The Hall–Kier alpha value is -0.980. The van der Waals surface area contributed by atoms with Gasteiger partial charge in [0.15, 0.2) is 0 Å². The fraction of sp³-hybridized carbons (Fsp3) is 0.400. The van der Waals surface area contributed by atoms with E-state index in [-0.39, 0.29) is 0 Å². The Morgan fingerprint density at radius 1 is 1.55 bits per heavy atom. The van der Waals surface area contributed by atoms with Crippen molar-refractivity contribution in [1.82, 2.24) is 0 Å². The van der Waals surface area contributed by atoms with Crippen LogP contribution in [0.3, 0.4) is 0 Å². The molecule has 1 aromatic rings. The normalized spacial score (nSPS) is 10.1. The Morgan fingerprint density at radius 2 is 2.36 bits per heavy atom. The maximum atomic E-state index is 5.44. The van der Waals surface area contributed by atoms with Crippen LogP contribution >= 0.6 is 0 Å². The second kappa shape index (κ2) is 4.02. The van der Waals surface area contributed by atoms with Gasteiger partial charge >= 0.3 is 0 Å². The predicted octanol–water partition coefficient (Wildman–Crippen LogP) is 2.52. The summed E-state index contributed by atoms with van der Waals surface area (Å²) in [7, 11) is 0. The molecule has 1 nitrogen and oxygen atoms in total. The lowest BCUT2D eigenvalue weighted by Crippen LogP contribution is -2.03. The Morgan fingerprint density at radius 3 is 2.91 bits per heavy atom. The second-order valence-electron chi connectivity index (χ2n) is 2.94. The summed E-state index contributed by atoms with van der Waals surface area (Å²) in [5.74, 6) is 1.48. The molecule has 11 heavy (non-hydrogen) atoms. The lowest BCUT2D eigenvalue weighted by molar-refractivity contribution is 0.271. The molecule has 0 amide bonds. The molecule has 0 N–H and O–H groups in total. The molecule has 0 fully saturated rings. The first kappa shape index (κ1) is 8.12. The Balaban J connectivity index is 2.39. The summed E-state index contributed by atoms with van der Waals surface area (Å²) in [5, 5.41) is 0. The van der Waals surface area contributed by atoms with Crippen molar-refractivity contribution < 1.29 is 4.74 Å². The molecule has 1 heteroatoms. The molecular formula is C10H13O. The molecule has 0 spiro atoms. The van der Waals surface area contributed by atoms with E-state index in [2.05, 4.69) is 19.9 Å². The maximum absolute atomic E-state index is 5.44. The third-order valence-electron chi connectivity index (χ3n) is 1.26. The molecule has 0 aliphatic heterocycles. The zero-order chi connectivity index (χ0) is 8.10. The minimum Gasteiger partial charge on any atom is -0.493 e. The van der Waals surface area contributed by atoms with Crippen molar-refractivity contribution in [2.45, 2.75) is 13.8 Å². The van der Waals surface area contributed by atoms with E-state index in [0.29, 0.717) is 5.92 Å². The average Bonchev–Trinajstić information content (AvgIpc) is 2.03. The molecule has 0 saturated carbocycles. The molecule has 0 aliphatic carbocycles. The van der Waals surface area contributed by atoms with E-state index in [1.54, 1.807) is 0 Å². The topological polar surface area (TPSA) is 9.23 Å². The summed E-state index contributed by atoms with van der Waals surface area (Å²) in [6, 6.07) is 10.5. The summed E-state index contributed by atoms with van der Waals surface area (Å²) in [5.41, 5.74) is 0. The van der Waals surface area contributed by atoms with Gasteiger partial charge in [0.2, 0.25) is 0 Å². The molecule has 0 aromatic heterocycles. The first-order valence-corrected chi connectivity index (χ1v) is 3.88. The third-order valence-corrected chi connectivity index (χ3v) is 1.26. The molecule has 0 heterocycles.